The van der Waals surface area contributed by atoms with Gasteiger partial charge in [-0.3, -0.25) is 24.0 Å². The lowest BCUT2D eigenvalue weighted by atomic mass is 9.88. The van der Waals surface area contributed by atoms with Crippen molar-refractivity contribution in [2.75, 3.05) is 20.8 Å². The summed E-state index contributed by atoms with van der Waals surface area (Å²) in [4.78, 5) is 73.7. The van der Waals surface area contributed by atoms with E-state index < -0.39 is 85.0 Å². The SMILES string of the molecule is COC(=O)C1(Oc2ccc(OC)cc2)C[C@H](OC(C)=O)[C@@H](NC(C)=O)[C@H]([C@H](OC(C)=O)[C@@H](COC(C)=O)OC(C)=O)O1. The maximum absolute atomic E-state index is 13.3. The van der Waals surface area contributed by atoms with Gasteiger partial charge in [-0.1, -0.05) is 0 Å². The number of rotatable bonds is 12. The van der Waals surface area contributed by atoms with Gasteiger partial charge in [0.2, 0.25) is 5.91 Å². The molecule has 1 N–H and O–H groups in total. The number of carbonyl (C=O) groups excluding carboxylic acids is 6. The van der Waals surface area contributed by atoms with Gasteiger partial charge in [-0.05, 0) is 24.3 Å². The highest BCUT2D eigenvalue weighted by Crippen LogP contribution is 2.38. The molecule has 1 heterocycles. The van der Waals surface area contributed by atoms with Crippen molar-refractivity contribution >= 4 is 35.8 Å². The van der Waals surface area contributed by atoms with Crippen molar-refractivity contribution < 1.29 is 66.7 Å². The molecule has 0 bridgehead atoms. The van der Waals surface area contributed by atoms with E-state index in [-0.39, 0.29) is 5.75 Å². The molecular weight excluding hydrogens is 562 g/mol. The molecule has 0 radical (unpaired) electrons. The van der Waals surface area contributed by atoms with E-state index in [1.807, 2.05) is 0 Å². The standard InChI is InChI=1S/C27H35NO14/c1-14(29)28-23-21(38-16(3)31)12-27(26(34)36-7,41-20-10-8-19(35-6)9-11-20)42-25(23)24(40-18(5)33)22(39-17(4)32)13-37-15(2)30/h8-11,21-25H,12-13H2,1-7H3,(H,28,29)/t21-,22+,23+,24+,25+,27?/m0/s1. The number of nitrogens with one attached hydrogen (secondary N) is 1. The molecule has 0 aromatic heterocycles. The maximum Gasteiger partial charge on any atom is 0.379 e. The summed E-state index contributed by atoms with van der Waals surface area (Å²) in [5.74, 6) is -6.75. The second-order valence-corrected chi connectivity index (χ2v) is 9.21. The highest BCUT2D eigenvalue weighted by atomic mass is 16.7. The molecule has 1 aromatic carbocycles. The second kappa shape index (κ2) is 15.0. The minimum Gasteiger partial charge on any atom is -0.497 e. The number of hydrogen-bond donors (Lipinski definition) is 1. The number of ether oxygens (including phenoxy) is 8. The number of methoxy groups -OCH3 is 2. The first-order valence-corrected chi connectivity index (χ1v) is 12.7. The van der Waals surface area contributed by atoms with Crippen LogP contribution in [0.15, 0.2) is 24.3 Å². The third kappa shape index (κ3) is 9.33. The lowest BCUT2D eigenvalue weighted by molar-refractivity contribution is -0.289. The topological polar surface area (TPSA) is 188 Å². The van der Waals surface area contributed by atoms with E-state index in [9.17, 15) is 28.8 Å². The van der Waals surface area contributed by atoms with Crippen LogP contribution in [0.25, 0.3) is 0 Å². The number of benzene rings is 1. The summed E-state index contributed by atoms with van der Waals surface area (Å²) in [6, 6.07) is 4.72. The van der Waals surface area contributed by atoms with Crippen molar-refractivity contribution in [3.8, 4) is 11.5 Å². The average molecular weight is 598 g/mol. The third-order valence-electron chi connectivity index (χ3n) is 5.84. The molecule has 1 aromatic rings. The Labute approximate surface area is 242 Å². The van der Waals surface area contributed by atoms with Crippen molar-refractivity contribution in [3.05, 3.63) is 24.3 Å². The molecule has 2 rings (SSSR count). The Kier molecular flexibility index (Phi) is 12.1. The smallest absolute Gasteiger partial charge is 0.379 e. The van der Waals surface area contributed by atoms with Crippen molar-refractivity contribution in [2.24, 2.45) is 0 Å². The second-order valence-electron chi connectivity index (χ2n) is 9.21. The third-order valence-corrected chi connectivity index (χ3v) is 5.84. The molecule has 15 nitrogen and oxygen atoms in total. The molecule has 0 saturated carbocycles. The summed E-state index contributed by atoms with van der Waals surface area (Å²) >= 11 is 0. The van der Waals surface area contributed by atoms with Gasteiger partial charge in [-0.15, -0.1) is 0 Å². The zero-order valence-corrected chi connectivity index (χ0v) is 24.3. The molecule has 42 heavy (non-hydrogen) atoms. The van der Waals surface area contributed by atoms with E-state index in [2.05, 4.69) is 5.32 Å². The van der Waals surface area contributed by atoms with Crippen LogP contribution < -0.4 is 14.8 Å². The summed E-state index contributed by atoms with van der Waals surface area (Å²) in [6.45, 7) is 4.87. The Morgan fingerprint density at radius 2 is 1.48 bits per heavy atom. The summed E-state index contributed by atoms with van der Waals surface area (Å²) in [5, 5.41) is 2.58. The average Bonchev–Trinajstić information content (AvgIpc) is 2.90. The Morgan fingerprint density at radius 3 is 1.95 bits per heavy atom. The predicted molar refractivity (Wildman–Crippen MR) is 139 cm³/mol. The summed E-state index contributed by atoms with van der Waals surface area (Å²) in [5.41, 5.74) is 0. The minimum absolute atomic E-state index is 0.0972. The zero-order chi connectivity index (χ0) is 31.6. The van der Waals surface area contributed by atoms with Gasteiger partial charge in [0.1, 0.15) is 30.3 Å². The molecule has 15 heteroatoms. The molecule has 1 aliphatic heterocycles. The Morgan fingerprint density at radius 1 is 0.881 bits per heavy atom. The van der Waals surface area contributed by atoms with Gasteiger partial charge < -0.3 is 43.2 Å². The first-order valence-electron chi connectivity index (χ1n) is 12.7. The van der Waals surface area contributed by atoms with Gasteiger partial charge in [-0.2, -0.15) is 0 Å². The number of carbonyl (C=O) groups is 6. The van der Waals surface area contributed by atoms with Gasteiger partial charge in [0.25, 0.3) is 0 Å². The Balaban J connectivity index is 2.77. The van der Waals surface area contributed by atoms with E-state index in [1.54, 1.807) is 12.1 Å². The maximum atomic E-state index is 13.3. The lowest BCUT2D eigenvalue weighted by Gasteiger charge is -2.48. The molecule has 0 aliphatic carbocycles. The lowest BCUT2D eigenvalue weighted by Crippen LogP contribution is -2.70. The van der Waals surface area contributed by atoms with Gasteiger partial charge >= 0.3 is 35.6 Å². The fraction of sp³-hybridized carbons (Fsp3) is 0.556. The molecule has 0 spiro atoms. The molecule has 1 amide bonds. The normalized spacial score (nSPS) is 22.8. The van der Waals surface area contributed by atoms with Gasteiger partial charge in [0, 0.05) is 34.6 Å². The zero-order valence-electron chi connectivity index (χ0n) is 24.3. The monoisotopic (exact) mass is 597 g/mol. The minimum atomic E-state index is -2.36. The first kappa shape index (κ1) is 33.8. The highest BCUT2D eigenvalue weighted by molar-refractivity contribution is 5.79. The Bertz CT molecular complexity index is 1150. The first-order chi connectivity index (χ1) is 19.7. The van der Waals surface area contributed by atoms with Crippen LogP contribution in [0.3, 0.4) is 0 Å². The molecule has 1 fully saturated rings. The fourth-order valence-electron chi connectivity index (χ4n) is 4.34. The van der Waals surface area contributed by atoms with E-state index in [4.69, 9.17) is 37.9 Å². The van der Waals surface area contributed by atoms with Crippen LogP contribution >= 0.6 is 0 Å². The number of amides is 1. The number of esters is 5. The van der Waals surface area contributed by atoms with Crippen LogP contribution in [0.2, 0.25) is 0 Å². The van der Waals surface area contributed by atoms with Gasteiger partial charge in [-0.25, -0.2) is 4.79 Å². The van der Waals surface area contributed by atoms with Crippen LogP contribution in [0.4, 0.5) is 0 Å². The van der Waals surface area contributed by atoms with Gasteiger partial charge in [0.05, 0.1) is 26.7 Å². The molecule has 6 atom stereocenters. The Hall–Kier alpha value is -4.40. The molecule has 1 saturated heterocycles. The van der Waals surface area contributed by atoms with Crippen LogP contribution in [0.5, 0.6) is 11.5 Å². The van der Waals surface area contributed by atoms with Crippen molar-refractivity contribution in [1.82, 2.24) is 5.32 Å². The summed E-state index contributed by atoms with van der Waals surface area (Å²) < 4.78 is 43.7. The van der Waals surface area contributed by atoms with E-state index in [1.165, 1.54) is 26.2 Å². The van der Waals surface area contributed by atoms with E-state index in [0.29, 0.717) is 5.75 Å². The summed E-state index contributed by atoms with van der Waals surface area (Å²) in [6.07, 6.45) is -6.62. The van der Waals surface area contributed by atoms with Crippen LogP contribution in [-0.2, 0) is 57.2 Å². The van der Waals surface area contributed by atoms with Gasteiger partial charge in [0.15, 0.2) is 12.2 Å². The van der Waals surface area contributed by atoms with E-state index >= 15 is 0 Å². The summed E-state index contributed by atoms with van der Waals surface area (Å²) in [7, 11) is 2.52. The van der Waals surface area contributed by atoms with Crippen LogP contribution in [0.1, 0.15) is 41.0 Å². The highest BCUT2D eigenvalue weighted by Gasteiger charge is 2.60. The van der Waals surface area contributed by atoms with Crippen LogP contribution in [-0.4, -0.2) is 92.8 Å². The molecular formula is C27H35NO14. The molecule has 1 aliphatic rings. The number of hydrogen-bond acceptors (Lipinski definition) is 14. The van der Waals surface area contributed by atoms with Crippen molar-refractivity contribution in [1.29, 1.82) is 0 Å². The van der Waals surface area contributed by atoms with Crippen molar-refractivity contribution in [3.63, 3.8) is 0 Å². The van der Waals surface area contributed by atoms with E-state index in [0.717, 1.165) is 34.8 Å². The largest absolute Gasteiger partial charge is 0.497 e. The predicted octanol–water partition coefficient (Wildman–Crippen LogP) is 0.595. The fourth-order valence-corrected chi connectivity index (χ4v) is 4.34. The van der Waals surface area contributed by atoms with Crippen molar-refractivity contribution in [2.45, 2.75) is 77.3 Å². The molecule has 1 unspecified atom stereocenters. The van der Waals surface area contributed by atoms with Crippen LogP contribution in [0, 0.1) is 0 Å². The quantitative estimate of drug-likeness (QED) is 0.260. The molecule has 232 valence electrons.